The topological polar surface area (TPSA) is 65.5 Å². The molecule has 1 saturated heterocycles. The van der Waals surface area contributed by atoms with Crippen LogP contribution in [0.15, 0.2) is 23.2 Å². The van der Waals surface area contributed by atoms with E-state index in [9.17, 15) is 8.42 Å². The van der Waals surface area contributed by atoms with Crippen molar-refractivity contribution in [1.29, 1.82) is 0 Å². The highest BCUT2D eigenvalue weighted by Crippen LogP contribution is 2.18. The minimum Gasteiger partial charge on any atom is -0.367 e. The van der Waals surface area contributed by atoms with E-state index in [2.05, 4.69) is 34.1 Å². The summed E-state index contributed by atoms with van der Waals surface area (Å²) < 4.78 is 23.5. The molecule has 21 heavy (non-hydrogen) atoms. The van der Waals surface area contributed by atoms with E-state index < -0.39 is 9.84 Å². The third kappa shape index (κ3) is 4.39. The van der Waals surface area contributed by atoms with Crippen molar-refractivity contribution in [3.63, 3.8) is 0 Å². The summed E-state index contributed by atoms with van der Waals surface area (Å²) in [6.07, 6.45) is 2.82. The maximum absolute atomic E-state index is 11.7. The van der Waals surface area contributed by atoms with Crippen molar-refractivity contribution < 1.29 is 8.42 Å². The van der Waals surface area contributed by atoms with Gasteiger partial charge in [-0.25, -0.2) is 13.4 Å². The highest BCUT2D eigenvalue weighted by atomic mass is 32.2. The van der Waals surface area contributed by atoms with Crippen molar-refractivity contribution in [2.24, 2.45) is 0 Å². The summed E-state index contributed by atoms with van der Waals surface area (Å²) in [5.41, 5.74) is 0. The van der Waals surface area contributed by atoms with E-state index >= 15 is 0 Å². The van der Waals surface area contributed by atoms with Crippen molar-refractivity contribution in [3.8, 4) is 0 Å². The molecule has 2 rings (SSSR count). The Labute approximate surface area is 127 Å². The molecule has 1 aromatic heterocycles. The van der Waals surface area contributed by atoms with E-state index in [-0.39, 0.29) is 4.90 Å². The normalized spacial score (nSPS) is 19.4. The molecule has 0 saturated carbocycles. The van der Waals surface area contributed by atoms with E-state index in [1.807, 2.05) is 0 Å². The molecule has 2 heterocycles. The Morgan fingerprint density at radius 1 is 1.33 bits per heavy atom. The summed E-state index contributed by atoms with van der Waals surface area (Å²) >= 11 is 0. The first-order chi connectivity index (χ1) is 9.88. The van der Waals surface area contributed by atoms with Gasteiger partial charge in [0.1, 0.15) is 10.7 Å². The summed E-state index contributed by atoms with van der Waals surface area (Å²) in [6.45, 7) is 7.07. The number of nitrogens with zero attached hydrogens (tertiary/aromatic N) is 3. The zero-order valence-corrected chi connectivity index (χ0v) is 13.7. The molecule has 7 heteroatoms. The quantitative estimate of drug-likeness (QED) is 0.856. The molecule has 1 aromatic rings. The number of aromatic nitrogens is 1. The molecular formula is C14H24N4O2S. The number of likely N-dealkylation sites (N-methyl/N-ethyl adjacent to an activating group) is 1. The molecule has 1 unspecified atom stereocenters. The van der Waals surface area contributed by atoms with Crippen LogP contribution in [-0.2, 0) is 9.84 Å². The van der Waals surface area contributed by atoms with Gasteiger partial charge in [0, 0.05) is 51.2 Å². The Hall–Kier alpha value is -1.18. The monoisotopic (exact) mass is 312 g/mol. The second-order valence-corrected chi connectivity index (χ2v) is 7.68. The second kappa shape index (κ2) is 6.72. The highest BCUT2D eigenvalue weighted by molar-refractivity contribution is 7.90. The molecule has 0 bridgehead atoms. The smallest absolute Gasteiger partial charge is 0.179 e. The molecule has 0 spiro atoms. The third-order valence-electron chi connectivity index (χ3n) is 3.90. The lowest BCUT2D eigenvalue weighted by Crippen LogP contribution is -2.50. The summed E-state index contributed by atoms with van der Waals surface area (Å²) in [4.78, 5) is 9.15. The average Bonchev–Trinajstić information content (AvgIpc) is 2.45. The van der Waals surface area contributed by atoms with Crippen LogP contribution in [-0.4, -0.2) is 75.3 Å². The molecule has 1 aliphatic rings. The minimum absolute atomic E-state index is 0.260. The van der Waals surface area contributed by atoms with Crippen molar-refractivity contribution in [1.82, 2.24) is 14.8 Å². The summed E-state index contributed by atoms with van der Waals surface area (Å²) in [7, 11) is -1.13. The molecule has 0 aliphatic carbocycles. The number of sulfone groups is 1. The van der Waals surface area contributed by atoms with Gasteiger partial charge in [-0.05, 0) is 26.1 Å². The SMILES string of the molecule is CC(CNc1ncccc1S(C)(=O)=O)N1CCN(C)CC1. The van der Waals surface area contributed by atoms with Gasteiger partial charge >= 0.3 is 0 Å². The number of hydrogen-bond acceptors (Lipinski definition) is 6. The zero-order valence-electron chi connectivity index (χ0n) is 12.9. The number of anilines is 1. The second-order valence-electron chi connectivity index (χ2n) is 5.69. The maximum Gasteiger partial charge on any atom is 0.179 e. The van der Waals surface area contributed by atoms with Crippen LogP contribution in [0.3, 0.4) is 0 Å². The Kier molecular flexibility index (Phi) is 5.18. The van der Waals surface area contributed by atoms with Gasteiger partial charge in [-0.3, -0.25) is 4.90 Å². The number of nitrogens with one attached hydrogen (secondary N) is 1. The molecule has 1 fully saturated rings. The van der Waals surface area contributed by atoms with Crippen LogP contribution in [0.5, 0.6) is 0 Å². The standard InChI is InChI=1S/C14H24N4O2S/c1-12(18-9-7-17(2)8-10-18)11-16-14-13(21(3,19)20)5-4-6-15-14/h4-6,12H,7-11H2,1-3H3,(H,15,16). The Bertz CT molecular complexity index is 568. The van der Waals surface area contributed by atoms with Crippen LogP contribution in [0, 0.1) is 0 Å². The van der Waals surface area contributed by atoms with Crippen LogP contribution in [0.4, 0.5) is 5.82 Å². The molecule has 0 aromatic carbocycles. The van der Waals surface area contributed by atoms with Crippen LogP contribution >= 0.6 is 0 Å². The lowest BCUT2D eigenvalue weighted by Gasteiger charge is -2.36. The van der Waals surface area contributed by atoms with Gasteiger partial charge in [0.25, 0.3) is 0 Å². The largest absolute Gasteiger partial charge is 0.367 e. The van der Waals surface area contributed by atoms with Gasteiger partial charge in [0.2, 0.25) is 0 Å². The predicted molar refractivity (Wildman–Crippen MR) is 84.4 cm³/mol. The molecule has 1 N–H and O–H groups in total. The van der Waals surface area contributed by atoms with Gasteiger partial charge in [-0.2, -0.15) is 0 Å². The van der Waals surface area contributed by atoms with Gasteiger partial charge in [-0.15, -0.1) is 0 Å². The van der Waals surface area contributed by atoms with Crippen LogP contribution in [0.2, 0.25) is 0 Å². The third-order valence-corrected chi connectivity index (χ3v) is 5.02. The molecule has 0 radical (unpaired) electrons. The lowest BCUT2D eigenvalue weighted by atomic mass is 10.2. The molecule has 6 nitrogen and oxygen atoms in total. The molecule has 1 atom stereocenters. The average molecular weight is 312 g/mol. The van der Waals surface area contributed by atoms with Crippen LogP contribution in [0.1, 0.15) is 6.92 Å². The van der Waals surface area contributed by atoms with Crippen LogP contribution in [0.25, 0.3) is 0 Å². The van der Waals surface area contributed by atoms with Gasteiger partial charge in [-0.1, -0.05) is 0 Å². The number of pyridine rings is 1. The van der Waals surface area contributed by atoms with E-state index in [1.165, 1.54) is 6.26 Å². The zero-order chi connectivity index (χ0) is 15.5. The highest BCUT2D eigenvalue weighted by Gasteiger charge is 2.20. The van der Waals surface area contributed by atoms with Crippen molar-refractivity contribution >= 4 is 15.7 Å². The Balaban J connectivity index is 1.97. The van der Waals surface area contributed by atoms with Crippen molar-refractivity contribution in [2.45, 2.75) is 17.9 Å². The van der Waals surface area contributed by atoms with Gasteiger partial charge in [0.05, 0.1) is 0 Å². The summed E-state index contributed by atoms with van der Waals surface area (Å²) in [5.74, 6) is 0.445. The Morgan fingerprint density at radius 2 is 2.00 bits per heavy atom. The fourth-order valence-corrected chi connectivity index (χ4v) is 3.26. The minimum atomic E-state index is -3.26. The molecule has 118 valence electrons. The van der Waals surface area contributed by atoms with E-state index in [0.717, 1.165) is 26.2 Å². The fraction of sp³-hybridized carbons (Fsp3) is 0.643. The fourth-order valence-electron chi connectivity index (χ4n) is 2.46. The molecule has 1 aliphatic heterocycles. The summed E-state index contributed by atoms with van der Waals surface area (Å²) in [5, 5.41) is 3.18. The van der Waals surface area contributed by atoms with Gasteiger partial charge < -0.3 is 10.2 Å². The number of hydrogen-bond donors (Lipinski definition) is 1. The first-order valence-corrected chi connectivity index (χ1v) is 9.08. The number of piperazine rings is 1. The molecular weight excluding hydrogens is 288 g/mol. The van der Waals surface area contributed by atoms with Crippen LogP contribution < -0.4 is 5.32 Å². The van der Waals surface area contributed by atoms with Crippen molar-refractivity contribution in [2.75, 3.05) is 51.3 Å². The first-order valence-electron chi connectivity index (χ1n) is 7.19. The Morgan fingerprint density at radius 3 is 2.62 bits per heavy atom. The lowest BCUT2D eigenvalue weighted by molar-refractivity contribution is 0.123. The van der Waals surface area contributed by atoms with Gasteiger partial charge in [0.15, 0.2) is 9.84 Å². The summed E-state index contributed by atoms with van der Waals surface area (Å²) in [6, 6.07) is 3.57. The molecule has 0 amide bonds. The predicted octanol–water partition coefficient (Wildman–Crippen LogP) is 0.533. The van der Waals surface area contributed by atoms with E-state index in [0.29, 0.717) is 18.4 Å². The number of rotatable bonds is 5. The van der Waals surface area contributed by atoms with E-state index in [1.54, 1.807) is 18.3 Å². The van der Waals surface area contributed by atoms with E-state index in [4.69, 9.17) is 0 Å². The first kappa shape index (κ1) is 16.2. The van der Waals surface area contributed by atoms with Crippen molar-refractivity contribution in [3.05, 3.63) is 18.3 Å². The maximum atomic E-state index is 11.7.